The van der Waals surface area contributed by atoms with E-state index >= 15 is 0 Å². The first kappa shape index (κ1) is 13.5. The van der Waals surface area contributed by atoms with Crippen LogP contribution in [0, 0.1) is 0 Å². The molecule has 0 saturated carbocycles. The minimum absolute atomic E-state index is 0.112. The first-order valence-electron chi connectivity index (χ1n) is 6.23. The number of hydrogen-bond acceptors (Lipinski definition) is 3. The fraction of sp³-hybridized carbons (Fsp3) is 0.500. The molecule has 2 rings (SSSR count). The largest absolute Gasteiger partial charge is 0.380 e. The van der Waals surface area contributed by atoms with E-state index in [1.165, 1.54) is 0 Å². The lowest BCUT2D eigenvalue weighted by atomic mass is 10.1. The molecule has 98 valence electrons. The second kappa shape index (κ2) is 6.32. The highest BCUT2D eigenvalue weighted by atomic mass is 35.5. The Bertz CT molecular complexity index is 422. The number of likely N-dealkylation sites (tertiary alicyclic amines) is 1. The Morgan fingerprint density at radius 2 is 2.28 bits per heavy atom. The van der Waals surface area contributed by atoms with Crippen molar-refractivity contribution >= 4 is 17.4 Å². The van der Waals surface area contributed by atoms with Crippen LogP contribution in [0.15, 0.2) is 24.3 Å². The van der Waals surface area contributed by atoms with Gasteiger partial charge in [-0.15, -0.1) is 0 Å². The molecule has 0 N–H and O–H groups in total. The first-order valence-corrected chi connectivity index (χ1v) is 6.61. The lowest BCUT2D eigenvalue weighted by Gasteiger charge is -2.15. The molecular weight excluding hydrogens is 250 g/mol. The normalized spacial score (nSPS) is 20.2. The quantitative estimate of drug-likeness (QED) is 0.768. The van der Waals surface area contributed by atoms with E-state index in [1.807, 2.05) is 12.1 Å². The fourth-order valence-electron chi connectivity index (χ4n) is 2.27. The number of benzene rings is 1. The van der Waals surface area contributed by atoms with Crippen LogP contribution in [-0.2, 0) is 4.74 Å². The summed E-state index contributed by atoms with van der Waals surface area (Å²) < 4.78 is 5.30. The lowest BCUT2D eigenvalue weighted by Crippen LogP contribution is -2.25. The Morgan fingerprint density at radius 3 is 2.94 bits per heavy atom. The number of ketones is 1. The average Bonchev–Trinajstić information content (AvgIpc) is 2.84. The van der Waals surface area contributed by atoms with Gasteiger partial charge in [-0.3, -0.25) is 4.79 Å². The van der Waals surface area contributed by atoms with Gasteiger partial charge in [0.05, 0.1) is 11.1 Å². The molecule has 1 unspecified atom stereocenters. The zero-order valence-corrected chi connectivity index (χ0v) is 11.3. The molecule has 1 aromatic carbocycles. The van der Waals surface area contributed by atoms with Crippen LogP contribution in [0.2, 0.25) is 5.02 Å². The molecule has 1 aliphatic heterocycles. The van der Waals surface area contributed by atoms with Gasteiger partial charge in [-0.05, 0) is 18.6 Å². The maximum atomic E-state index is 12.0. The van der Waals surface area contributed by atoms with Gasteiger partial charge in [0, 0.05) is 38.7 Å². The summed E-state index contributed by atoms with van der Waals surface area (Å²) in [5.74, 6) is 0.112. The molecule has 1 aromatic rings. The minimum Gasteiger partial charge on any atom is -0.380 e. The Balaban J connectivity index is 1.84. The van der Waals surface area contributed by atoms with E-state index in [4.69, 9.17) is 16.3 Å². The number of Topliss-reactive ketones (excluding diaryl/α,β-unsaturated/α-hetero) is 1. The third kappa shape index (κ3) is 3.31. The Morgan fingerprint density at radius 1 is 1.50 bits per heavy atom. The number of hydrogen-bond donors (Lipinski definition) is 0. The van der Waals surface area contributed by atoms with Crippen LogP contribution in [-0.4, -0.2) is 43.5 Å². The zero-order valence-electron chi connectivity index (χ0n) is 10.6. The van der Waals surface area contributed by atoms with Crippen LogP contribution in [0.5, 0.6) is 0 Å². The highest BCUT2D eigenvalue weighted by Gasteiger charge is 2.22. The van der Waals surface area contributed by atoms with Crippen LogP contribution >= 0.6 is 11.6 Å². The van der Waals surface area contributed by atoms with Crippen molar-refractivity contribution in [3.63, 3.8) is 0 Å². The molecule has 0 bridgehead atoms. The standard InChI is InChI=1S/C14H18ClNO2/c1-18-11-6-8-16(10-11)9-7-14(17)12-4-2-3-5-13(12)15/h2-5,11H,6-10H2,1H3. The van der Waals surface area contributed by atoms with E-state index in [0.717, 1.165) is 26.1 Å². The van der Waals surface area contributed by atoms with E-state index in [9.17, 15) is 4.79 Å². The van der Waals surface area contributed by atoms with Crippen molar-refractivity contribution in [1.82, 2.24) is 4.90 Å². The van der Waals surface area contributed by atoms with E-state index in [1.54, 1.807) is 19.2 Å². The third-order valence-electron chi connectivity index (χ3n) is 3.39. The number of nitrogens with zero attached hydrogens (tertiary/aromatic N) is 1. The van der Waals surface area contributed by atoms with Gasteiger partial charge in [-0.1, -0.05) is 23.7 Å². The fourth-order valence-corrected chi connectivity index (χ4v) is 2.52. The van der Waals surface area contributed by atoms with Gasteiger partial charge in [0.15, 0.2) is 5.78 Å². The number of carbonyl (C=O) groups excluding carboxylic acids is 1. The van der Waals surface area contributed by atoms with Crippen molar-refractivity contribution in [3.05, 3.63) is 34.9 Å². The molecule has 1 heterocycles. The molecule has 0 radical (unpaired) electrons. The van der Waals surface area contributed by atoms with E-state index in [0.29, 0.717) is 23.1 Å². The molecule has 1 atom stereocenters. The highest BCUT2D eigenvalue weighted by Crippen LogP contribution is 2.18. The monoisotopic (exact) mass is 267 g/mol. The van der Waals surface area contributed by atoms with Gasteiger partial charge in [0.2, 0.25) is 0 Å². The smallest absolute Gasteiger partial charge is 0.165 e. The van der Waals surface area contributed by atoms with Crippen molar-refractivity contribution in [2.75, 3.05) is 26.7 Å². The molecule has 3 nitrogen and oxygen atoms in total. The predicted molar refractivity (Wildman–Crippen MR) is 72.3 cm³/mol. The molecule has 4 heteroatoms. The summed E-state index contributed by atoms with van der Waals surface area (Å²) in [5, 5.41) is 0.540. The molecule has 0 spiro atoms. The van der Waals surface area contributed by atoms with E-state index in [-0.39, 0.29) is 5.78 Å². The van der Waals surface area contributed by atoms with Gasteiger partial charge in [0.1, 0.15) is 0 Å². The molecule has 0 aromatic heterocycles. The van der Waals surface area contributed by atoms with Gasteiger partial charge in [-0.2, -0.15) is 0 Å². The first-order chi connectivity index (χ1) is 8.70. The minimum atomic E-state index is 0.112. The Kier molecular flexibility index (Phi) is 4.75. The summed E-state index contributed by atoms with van der Waals surface area (Å²) in [6.07, 6.45) is 1.89. The molecular formula is C14H18ClNO2. The number of ether oxygens (including phenoxy) is 1. The second-order valence-corrected chi connectivity index (χ2v) is 5.01. The third-order valence-corrected chi connectivity index (χ3v) is 3.72. The predicted octanol–water partition coefficient (Wildman–Crippen LogP) is 2.63. The van der Waals surface area contributed by atoms with Crippen LogP contribution < -0.4 is 0 Å². The molecule has 0 aliphatic carbocycles. The van der Waals surface area contributed by atoms with Crippen molar-refractivity contribution < 1.29 is 9.53 Å². The summed E-state index contributed by atoms with van der Waals surface area (Å²) in [6.45, 7) is 2.71. The molecule has 18 heavy (non-hydrogen) atoms. The summed E-state index contributed by atoms with van der Waals surface area (Å²) in [7, 11) is 1.74. The van der Waals surface area contributed by atoms with Gasteiger partial charge in [0.25, 0.3) is 0 Å². The summed E-state index contributed by atoms with van der Waals surface area (Å²) >= 11 is 6.01. The van der Waals surface area contributed by atoms with Crippen molar-refractivity contribution in [3.8, 4) is 0 Å². The summed E-state index contributed by atoms with van der Waals surface area (Å²) in [4.78, 5) is 14.3. The maximum absolute atomic E-state index is 12.0. The lowest BCUT2D eigenvalue weighted by molar-refractivity contribution is 0.0944. The SMILES string of the molecule is COC1CCN(CCC(=O)c2ccccc2Cl)C1. The molecule has 0 amide bonds. The van der Waals surface area contributed by atoms with Crippen molar-refractivity contribution in [2.45, 2.75) is 18.9 Å². The number of methoxy groups -OCH3 is 1. The van der Waals surface area contributed by atoms with Crippen LogP contribution in [0.4, 0.5) is 0 Å². The Labute approximate surface area is 113 Å². The number of rotatable bonds is 5. The summed E-state index contributed by atoms with van der Waals surface area (Å²) in [5.41, 5.74) is 0.627. The number of carbonyl (C=O) groups is 1. The van der Waals surface area contributed by atoms with E-state index < -0.39 is 0 Å². The van der Waals surface area contributed by atoms with Crippen LogP contribution in [0.25, 0.3) is 0 Å². The van der Waals surface area contributed by atoms with Crippen molar-refractivity contribution in [2.24, 2.45) is 0 Å². The zero-order chi connectivity index (χ0) is 13.0. The van der Waals surface area contributed by atoms with Crippen molar-refractivity contribution in [1.29, 1.82) is 0 Å². The maximum Gasteiger partial charge on any atom is 0.165 e. The number of halogens is 1. The average molecular weight is 268 g/mol. The van der Waals surface area contributed by atoms with E-state index in [2.05, 4.69) is 4.90 Å². The second-order valence-electron chi connectivity index (χ2n) is 4.60. The van der Waals surface area contributed by atoms with Crippen LogP contribution in [0.1, 0.15) is 23.2 Å². The highest BCUT2D eigenvalue weighted by molar-refractivity contribution is 6.33. The molecule has 1 aliphatic rings. The van der Waals surface area contributed by atoms with Gasteiger partial charge >= 0.3 is 0 Å². The van der Waals surface area contributed by atoms with Gasteiger partial charge < -0.3 is 9.64 Å². The molecule has 1 fully saturated rings. The topological polar surface area (TPSA) is 29.5 Å². The van der Waals surface area contributed by atoms with Crippen LogP contribution in [0.3, 0.4) is 0 Å². The Hall–Kier alpha value is -0.900. The van der Waals surface area contributed by atoms with Gasteiger partial charge in [-0.25, -0.2) is 0 Å². The molecule has 1 saturated heterocycles. The summed E-state index contributed by atoms with van der Waals surface area (Å²) in [6, 6.07) is 7.22.